The molecule has 0 saturated heterocycles. The molecule has 0 fully saturated rings. The van der Waals surface area contributed by atoms with E-state index in [1.54, 1.807) is 0 Å². The van der Waals surface area contributed by atoms with Gasteiger partial charge in [0.15, 0.2) is 0 Å². The average Bonchev–Trinajstić information content (AvgIpc) is 3.43. The molecule has 2 nitrogen and oxygen atoms in total. The molecular formula is C66H50N2. The molecule has 0 spiro atoms. The lowest BCUT2D eigenvalue weighted by Crippen LogP contribution is -2.30. The molecule has 0 bridgehead atoms. The van der Waals surface area contributed by atoms with Crippen molar-refractivity contribution in [1.82, 2.24) is 0 Å². The highest BCUT2D eigenvalue weighted by molar-refractivity contribution is 5.97. The van der Waals surface area contributed by atoms with E-state index in [2.05, 4.69) is 295 Å². The number of hydrogen-bond donors (Lipinski definition) is 0. The number of anilines is 5. The van der Waals surface area contributed by atoms with E-state index in [-0.39, 0.29) is 6.04 Å². The van der Waals surface area contributed by atoms with Gasteiger partial charge in [-0.05, 0) is 134 Å². The first kappa shape index (κ1) is 41.9. The maximum absolute atomic E-state index is 2.47. The van der Waals surface area contributed by atoms with Gasteiger partial charge in [-0.15, -0.1) is 0 Å². The molecule has 1 aliphatic carbocycles. The molecule has 0 amide bonds. The zero-order valence-electron chi connectivity index (χ0n) is 37.8. The Morgan fingerprint density at radius 2 is 0.662 bits per heavy atom. The normalized spacial score (nSPS) is 13.1. The molecule has 1 atom stereocenters. The topological polar surface area (TPSA) is 6.48 Å². The van der Waals surface area contributed by atoms with Crippen LogP contribution in [0.15, 0.2) is 285 Å². The molecule has 2 heteroatoms. The Labute approximate surface area is 400 Å². The number of benzene rings is 10. The highest BCUT2D eigenvalue weighted by Crippen LogP contribution is 2.45. The zero-order chi connectivity index (χ0) is 45.5. The van der Waals surface area contributed by atoms with Gasteiger partial charge in [0.2, 0.25) is 0 Å². The number of allylic oxidation sites excluding steroid dienone is 2. The van der Waals surface area contributed by atoms with Crippen LogP contribution in [0.5, 0.6) is 0 Å². The number of nitrogens with zero attached hydrogens (tertiary/aromatic N) is 2. The fourth-order valence-electron chi connectivity index (χ4n) is 9.71. The van der Waals surface area contributed by atoms with Gasteiger partial charge in [0.25, 0.3) is 0 Å². The molecule has 324 valence electrons. The SMILES string of the molecule is C1=CC(N(c2ccccc2)c2ccc(-c3ccccc3-c3ccccc3-c3ccc(N(c4ccccc4)c4ccc(-c5ccccc5)cc4)cc3-c3ccccc3)cc2)CC=C1c1ccccc1. The summed E-state index contributed by atoms with van der Waals surface area (Å²) >= 11 is 0. The van der Waals surface area contributed by atoms with Crippen LogP contribution in [0.4, 0.5) is 28.4 Å². The molecule has 1 aliphatic rings. The summed E-state index contributed by atoms with van der Waals surface area (Å²) in [6, 6.07) is 96.4. The average molecular weight is 871 g/mol. The Hall–Kier alpha value is -8.72. The van der Waals surface area contributed by atoms with E-state index in [1.807, 2.05) is 0 Å². The van der Waals surface area contributed by atoms with Crippen LogP contribution in [0.1, 0.15) is 12.0 Å². The number of rotatable bonds is 12. The first-order valence-corrected chi connectivity index (χ1v) is 23.5. The summed E-state index contributed by atoms with van der Waals surface area (Å²) < 4.78 is 0. The van der Waals surface area contributed by atoms with E-state index < -0.39 is 0 Å². The first-order valence-electron chi connectivity index (χ1n) is 23.5. The second-order valence-electron chi connectivity index (χ2n) is 17.2. The summed E-state index contributed by atoms with van der Waals surface area (Å²) in [5.74, 6) is 0. The van der Waals surface area contributed by atoms with E-state index in [0.717, 1.165) is 34.7 Å². The van der Waals surface area contributed by atoms with Gasteiger partial charge in [-0.3, -0.25) is 0 Å². The molecule has 10 aromatic rings. The van der Waals surface area contributed by atoms with Crippen LogP contribution in [0.3, 0.4) is 0 Å². The largest absolute Gasteiger partial charge is 0.334 e. The summed E-state index contributed by atoms with van der Waals surface area (Å²) in [4.78, 5) is 4.82. The highest BCUT2D eigenvalue weighted by Gasteiger charge is 2.22. The van der Waals surface area contributed by atoms with Crippen molar-refractivity contribution in [3.8, 4) is 55.6 Å². The van der Waals surface area contributed by atoms with Gasteiger partial charge in [-0.2, -0.15) is 0 Å². The second kappa shape index (κ2) is 19.4. The quantitative estimate of drug-likeness (QED) is 0.121. The maximum Gasteiger partial charge on any atom is 0.0560 e. The zero-order valence-corrected chi connectivity index (χ0v) is 37.8. The molecule has 0 aliphatic heterocycles. The van der Waals surface area contributed by atoms with Crippen LogP contribution in [-0.4, -0.2) is 6.04 Å². The molecule has 0 heterocycles. The van der Waals surface area contributed by atoms with Crippen molar-refractivity contribution in [2.24, 2.45) is 0 Å². The minimum absolute atomic E-state index is 0.181. The lowest BCUT2D eigenvalue weighted by Gasteiger charge is -2.33. The highest BCUT2D eigenvalue weighted by atomic mass is 15.2. The molecule has 0 N–H and O–H groups in total. The van der Waals surface area contributed by atoms with Gasteiger partial charge < -0.3 is 9.80 Å². The van der Waals surface area contributed by atoms with Gasteiger partial charge in [-0.25, -0.2) is 0 Å². The third-order valence-corrected chi connectivity index (χ3v) is 13.0. The number of hydrogen-bond acceptors (Lipinski definition) is 2. The molecule has 1 unspecified atom stereocenters. The van der Waals surface area contributed by atoms with Crippen LogP contribution < -0.4 is 9.80 Å². The van der Waals surface area contributed by atoms with Crippen LogP contribution >= 0.6 is 0 Å². The predicted molar refractivity (Wildman–Crippen MR) is 289 cm³/mol. The molecule has 10 aromatic carbocycles. The molecule has 68 heavy (non-hydrogen) atoms. The van der Waals surface area contributed by atoms with Gasteiger partial charge >= 0.3 is 0 Å². The second-order valence-corrected chi connectivity index (χ2v) is 17.2. The van der Waals surface area contributed by atoms with Crippen LogP contribution in [-0.2, 0) is 0 Å². The Morgan fingerprint density at radius 1 is 0.279 bits per heavy atom. The van der Waals surface area contributed by atoms with Crippen molar-refractivity contribution in [3.63, 3.8) is 0 Å². The molecular weight excluding hydrogens is 821 g/mol. The Balaban J connectivity index is 0.964. The van der Waals surface area contributed by atoms with Crippen molar-refractivity contribution < 1.29 is 0 Å². The monoisotopic (exact) mass is 870 g/mol. The standard InChI is InChI=1S/C66H50N2/c1-6-20-49(21-7-1)51-34-40-57(41-35-51)67(55-26-12-4-13-27-55)58-44-38-54(39-45-58)61-30-16-17-31-62(61)63-32-18-19-33-64(63)65-47-46-60(48-66(65)53-24-10-3-11-25-53)68(56-28-14-5-15-29-56)59-42-36-52(37-43-59)50-22-8-2-9-23-50/h1-40,42-48,57H,41H2. The van der Waals surface area contributed by atoms with E-state index in [9.17, 15) is 0 Å². The predicted octanol–water partition coefficient (Wildman–Crippen LogP) is 18.0. The first-order chi connectivity index (χ1) is 33.7. The van der Waals surface area contributed by atoms with E-state index >= 15 is 0 Å². The minimum Gasteiger partial charge on any atom is -0.334 e. The summed E-state index contributed by atoms with van der Waals surface area (Å²) in [6.07, 6.45) is 7.92. The van der Waals surface area contributed by atoms with Gasteiger partial charge in [0.1, 0.15) is 0 Å². The van der Waals surface area contributed by atoms with E-state index in [1.165, 1.54) is 66.9 Å². The number of para-hydroxylation sites is 2. The van der Waals surface area contributed by atoms with E-state index in [4.69, 9.17) is 0 Å². The smallest absolute Gasteiger partial charge is 0.0560 e. The van der Waals surface area contributed by atoms with Crippen molar-refractivity contribution in [3.05, 3.63) is 291 Å². The van der Waals surface area contributed by atoms with Gasteiger partial charge in [-0.1, -0.05) is 224 Å². The molecule has 0 radical (unpaired) electrons. The summed E-state index contributed by atoms with van der Waals surface area (Å²) in [6.45, 7) is 0. The lowest BCUT2D eigenvalue weighted by atomic mass is 9.86. The van der Waals surface area contributed by atoms with Crippen molar-refractivity contribution >= 4 is 34.0 Å². The Bertz CT molecular complexity index is 3320. The van der Waals surface area contributed by atoms with Crippen molar-refractivity contribution in [2.75, 3.05) is 9.80 Å². The fraction of sp³-hybridized carbons (Fsp3) is 0.0303. The lowest BCUT2D eigenvalue weighted by molar-refractivity contribution is 0.787. The molecule has 11 rings (SSSR count). The third-order valence-electron chi connectivity index (χ3n) is 13.0. The van der Waals surface area contributed by atoms with Crippen molar-refractivity contribution in [2.45, 2.75) is 12.5 Å². The summed E-state index contributed by atoms with van der Waals surface area (Å²) in [5.41, 5.74) is 20.0. The Kier molecular flexibility index (Phi) is 12.0. The maximum atomic E-state index is 2.47. The van der Waals surface area contributed by atoms with Crippen LogP contribution in [0.2, 0.25) is 0 Å². The Morgan fingerprint density at radius 3 is 1.24 bits per heavy atom. The van der Waals surface area contributed by atoms with Crippen LogP contribution in [0, 0.1) is 0 Å². The van der Waals surface area contributed by atoms with E-state index in [0.29, 0.717) is 0 Å². The van der Waals surface area contributed by atoms with Gasteiger partial charge in [0.05, 0.1) is 6.04 Å². The van der Waals surface area contributed by atoms with Crippen molar-refractivity contribution in [1.29, 1.82) is 0 Å². The molecule has 0 aromatic heterocycles. The summed E-state index contributed by atoms with van der Waals surface area (Å²) in [5, 5.41) is 0. The van der Waals surface area contributed by atoms with Gasteiger partial charge in [0, 0.05) is 28.4 Å². The summed E-state index contributed by atoms with van der Waals surface area (Å²) in [7, 11) is 0. The minimum atomic E-state index is 0.181. The van der Waals surface area contributed by atoms with Crippen LogP contribution in [0.25, 0.3) is 61.2 Å². The molecule has 0 saturated carbocycles. The third kappa shape index (κ3) is 8.72. The fourth-order valence-corrected chi connectivity index (χ4v) is 9.71.